The maximum Gasteiger partial charge on any atom is 0.417 e. The van der Waals surface area contributed by atoms with E-state index in [0.717, 1.165) is 24.1 Å². The van der Waals surface area contributed by atoms with Crippen molar-refractivity contribution in [3.05, 3.63) is 105 Å². The van der Waals surface area contributed by atoms with Crippen LogP contribution in [-0.2, 0) is 6.18 Å². The van der Waals surface area contributed by atoms with Gasteiger partial charge < -0.3 is 38.7 Å². The van der Waals surface area contributed by atoms with Crippen molar-refractivity contribution in [3.63, 3.8) is 0 Å². The molecule has 310 valence electrons. The van der Waals surface area contributed by atoms with Crippen molar-refractivity contribution < 1.29 is 45.5 Å². The van der Waals surface area contributed by atoms with Gasteiger partial charge in [0.05, 0.1) is 24.3 Å². The number of aromatic nitrogens is 2. The van der Waals surface area contributed by atoms with Crippen LogP contribution in [0.5, 0.6) is 11.5 Å². The standard InChI is InChI=1S/C22H24ClN3O4.C19H14ClF4N3O2/c1-3-28-17-6-5-7-18(29-4-2)20(17)21(27)26-11-10-15(13-26)24-22-25-16-9-8-14(23)12-19(16)30-22;20-10-4-5-14-15(8-10)29-18(26-14)25-11-6-7-27(9-11)17(28)16-12(19(22,23)24)2-1-3-13(16)21/h5-9,12,15H,3-4,10-11,13H2,1-2H3,(H,24,25);1-5,8,11H,6-7,9H2,(H,25,26)/t15-;11-/m11/s1. The molecule has 4 aromatic carbocycles. The second-order valence-corrected chi connectivity index (χ2v) is 14.6. The lowest BCUT2D eigenvalue weighted by atomic mass is 10.1. The van der Waals surface area contributed by atoms with Crippen LogP contribution in [0.4, 0.5) is 29.6 Å². The van der Waals surface area contributed by atoms with E-state index < -0.39 is 29.0 Å². The Morgan fingerprint density at radius 3 is 1.69 bits per heavy atom. The maximum absolute atomic E-state index is 14.1. The summed E-state index contributed by atoms with van der Waals surface area (Å²) in [5, 5.41) is 7.39. The number of carbonyl (C=O) groups is 2. The highest BCUT2D eigenvalue weighted by Gasteiger charge is 2.39. The molecular formula is C41H38Cl2F4N6O6. The maximum atomic E-state index is 14.1. The molecule has 18 heteroatoms. The van der Waals surface area contributed by atoms with E-state index in [9.17, 15) is 27.2 Å². The number of alkyl halides is 3. The van der Waals surface area contributed by atoms with E-state index in [4.69, 9.17) is 41.5 Å². The Morgan fingerprint density at radius 2 is 1.22 bits per heavy atom. The average molecular weight is 858 g/mol. The van der Waals surface area contributed by atoms with Gasteiger partial charge in [0, 0.05) is 60.4 Å². The van der Waals surface area contributed by atoms with Crippen LogP contribution in [0.25, 0.3) is 22.2 Å². The first-order valence-corrected chi connectivity index (χ1v) is 19.5. The van der Waals surface area contributed by atoms with Gasteiger partial charge in [0.2, 0.25) is 0 Å². The number of nitrogens with one attached hydrogen (secondary N) is 2. The van der Waals surface area contributed by atoms with Crippen LogP contribution in [0.15, 0.2) is 81.6 Å². The minimum atomic E-state index is -4.83. The zero-order chi connectivity index (χ0) is 41.8. The molecule has 2 aliphatic rings. The monoisotopic (exact) mass is 856 g/mol. The van der Waals surface area contributed by atoms with Crippen molar-refractivity contribution in [3.8, 4) is 11.5 Å². The van der Waals surface area contributed by atoms with Crippen molar-refractivity contribution in [2.24, 2.45) is 0 Å². The Labute approximate surface area is 345 Å². The number of hydrogen-bond acceptors (Lipinski definition) is 10. The first-order valence-electron chi connectivity index (χ1n) is 18.8. The summed E-state index contributed by atoms with van der Waals surface area (Å²) in [5.74, 6) is -1.21. The topological polar surface area (TPSA) is 135 Å². The number of halogens is 6. The van der Waals surface area contributed by atoms with Crippen LogP contribution in [-0.4, -0.2) is 83.1 Å². The predicted molar refractivity (Wildman–Crippen MR) is 214 cm³/mol. The Balaban J connectivity index is 0.000000179. The number of rotatable bonds is 10. The highest BCUT2D eigenvalue weighted by molar-refractivity contribution is 6.31. The average Bonchev–Trinajstić information content (AvgIpc) is 4.01. The van der Waals surface area contributed by atoms with Gasteiger partial charge in [-0.1, -0.05) is 35.3 Å². The van der Waals surface area contributed by atoms with Gasteiger partial charge in [-0.2, -0.15) is 23.1 Å². The molecule has 2 N–H and O–H groups in total. The molecule has 0 bridgehead atoms. The SMILES string of the molecule is CCOc1cccc(OCC)c1C(=O)N1CC[C@@H](Nc2nc3ccc(Cl)cc3o2)C1.O=C(c1c(F)cccc1C(F)(F)F)N1CC[C@@H](Nc2nc3ccc(Cl)cc3o2)C1. The predicted octanol–water partition coefficient (Wildman–Crippen LogP) is 9.57. The highest BCUT2D eigenvalue weighted by atomic mass is 35.5. The van der Waals surface area contributed by atoms with Crippen molar-refractivity contribution in [1.29, 1.82) is 0 Å². The van der Waals surface area contributed by atoms with Gasteiger partial charge in [-0.25, -0.2) is 4.39 Å². The van der Waals surface area contributed by atoms with E-state index in [0.29, 0.717) is 88.6 Å². The second kappa shape index (κ2) is 17.6. The molecule has 2 saturated heterocycles. The van der Waals surface area contributed by atoms with Crippen LogP contribution in [0, 0.1) is 5.82 Å². The lowest BCUT2D eigenvalue weighted by Crippen LogP contribution is -2.33. The smallest absolute Gasteiger partial charge is 0.417 e. The minimum Gasteiger partial charge on any atom is -0.493 e. The van der Waals surface area contributed by atoms with E-state index in [2.05, 4.69) is 20.6 Å². The van der Waals surface area contributed by atoms with Crippen LogP contribution in [0.3, 0.4) is 0 Å². The van der Waals surface area contributed by atoms with E-state index in [1.54, 1.807) is 47.4 Å². The molecule has 59 heavy (non-hydrogen) atoms. The molecule has 0 aliphatic carbocycles. The van der Waals surface area contributed by atoms with Crippen molar-refractivity contribution in [2.75, 3.05) is 50.0 Å². The summed E-state index contributed by atoms with van der Waals surface area (Å²) in [7, 11) is 0. The summed E-state index contributed by atoms with van der Waals surface area (Å²) < 4.78 is 76.3. The Morgan fingerprint density at radius 1 is 0.746 bits per heavy atom. The molecular weight excluding hydrogens is 819 g/mol. The van der Waals surface area contributed by atoms with Gasteiger partial charge in [0.15, 0.2) is 11.2 Å². The fourth-order valence-corrected chi connectivity index (χ4v) is 7.29. The third-order valence-electron chi connectivity index (χ3n) is 9.64. The molecule has 2 atom stereocenters. The number of amides is 2. The number of benzene rings is 4. The van der Waals surface area contributed by atoms with Crippen molar-refractivity contribution >= 4 is 69.2 Å². The molecule has 2 amide bonds. The number of carbonyl (C=O) groups excluding carboxylic acids is 2. The summed E-state index contributed by atoms with van der Waals surface area (Å²) in [4.78, 5) is 37.6. The number of ether oxygens (including phenoxy) is 2. The lowest BCUT2D eigenvalue weighted by molar-refractivity contribution is -0.138. The number of oxazole rings is 2. The Kier molecular flexibility index (Phi) is 12.4. The number of nitrogens with zero attached hydrogens (tertiary/aromatic N) is 4. The van der Waals surface area contributed by atoms with Gasteiger partial charge in [0.1, 0.15) is 33.9 Å². The number of anilines is 2. The molecule has 0 saturated carbocycles. The van der Waals surface area contributed by atoms with Crippen LogP contribution >= 0.6 is 23.2 Å². The normalized spacial score (nSPS) is 16.6. The number of fused-ring (bicyclic) bond motifs is 2. The number of likely N-dealkylation sites (tertiary alicyclic amines) is 2. The molecule has 2 aromatic heterocycles. The van der Waals surface area contributed by atoms with Crippen LogP contribution < -0.4 is 20.1 Å². The first-order chi connectivity index (χ1) is 28.3. The van der Waals surface area contributed by atoms with Crippen molar-refractivity contribution in [1.82, 2.24) is 19.8 Å². The van der Waals surface area contributed by atoms with Gasteiger partial charge in [-0.3, -0.25) is 9.59 Å². The summed E-state index contributed by atoms with van der Waals surface area (Å²) in [6.07, 6.45) is -3.60. The highest BCUT2D eigenvalue weighted by Crippen LogP contribution is 2.35. The fourth-order valence-electron chi connectivity index (χ4n) is 6.96. The fraction of sp³-hybridized carbons (Fsp3) is 0.317. The molecule has 4 heterocycles. The molecule has 0 unspecified atom stereocenters. The van der Waals surface area contributed by atoms with E-state index in [-0.39, 0.29) is 37.1 Å². The molecule has 12 nitrogen and oxygen atoms in total. The zero-order valence-corrected chi connectivity index (χ0v) is 33.3. The number of hydrogen-bond donors (Lipinski definition) is 2. The Bertz CT molecular complexity index is 2450. The summed E-state index contributed by atoms with van der Waals surface area (Å²) >= 11 is 11.9. The second-order valence-electron chi connectivity index (χ2n) is 13.7. The van der Waals surface area contributed by atoms with E-state index in [1.165, 1.54) is 4.90 Å². The molecule has 0 radical (unpaired) electrons. The molecule has 2 aliphatic heterocycles. The van der Waals surface area contributed by atoms with Gasteiger partial charge >= 0.3 is 6.18 Å². The zero-order valence-electron chi connectivity index (χ0n) is 31.7. The molecule has 8 rings (SSSR count). The summed E-state index contributed by atoms with van der Waals surface area (Å²) in [6.45, 7) is 6.15. The summed E-state index contributed by atoms with van der Waals surface area (Å²) in [6, 6.07) is 18.6. The van der Waals surface area contributed by atoms with Gasteiger partial charge in [-0.05, 0) is 75.2 Å². The van der Waals surface area contributed by atoms with E-state index >= 15 is 0 Å². The first kappa shape index (κ1) is 41.4. The molecule has 2 fully saturated rings. The van der Waals surface area contributed by atoms with E-state index in [1.807, 2.05) is 26.0 Å². The minimum absolute atomic E-state index is 0.0345. The quantitative estimate of drug-likeness (QED) is 0.128. The van der Waals surface area contributed by atoms with Crippen LogP contribution in [0.1, 0.15) is 53.0 Å². The Hall–Kier alpha value is -5.74. The third kappa shape index (κ3) is 9.44. The molecule has 0 spiro atoms. The van der Waals surface area contributed by atoms with Crippen LogP contribution in [0.2, 0.25) is 10.0 Å². The lowest BCUT2D eigenvalue weighted by Gasteiger charge is -2.20. The van der Waals surface area contributed by atoms with Crippen molar-refractivity contribution in [2.45, 2.75) is 44.9 Å². The van der Waals surface area contributed by atoms with Gasteiger partial charge in [-0.15, -0.1) is 0 Å². The summed E-state index contributed by atoms with van der Waals surface area (Å²) in [5.41, 5.74) is 0.657. The van der Waals surface area contributed by atoms with Gasteiger partial charge in [0.25, 0.3) is 23.8 Å². The molecule has 6 aromatic rings. The largest absolute Gasteiger partial charge is 0.493 e. The third-order valence-corrected chi connectivity index (χ3v) is 10.1.